The van der Waals surface area contributed by atoms with Crippen LogP contribution in [0.5, 0.6) is 11.5 Å². The quantitative estimate of drug-likeness (QED) is 0.524. The summed E-state index contributed by atoms with van der Waals surface area (Å²) in [6.45, 7) is 2.16. The zero-order valence-corrected chi connectivity index (χ0v) is 17.3. The van der Waals surface area contributed by atoms with Gasteiger partial charge < -0.3 is 9.84 Å². The maximum absolute atomic E-state index is 13.3. The average Bonchev–Trinajstić information content (AvgIpc) is 2.94. The van der Waals surface area contributed by atoms with Gasteiger partial charge >= 0.3 is 0 Å². The fraction of sp³-hybridized carbons (Fsp3) is 0.105. The lowest BCUT2D eigenvalue weighted by Crippen LogP contribution is -2.44. The molecule has 0 aliphatic carbocycles. The number of ether oxygens (including phenoxy) is 1. The van der Waals surface area contributed by atoms with Crippen LogP contribution in [0.3, 0.4) is 0 Å². The molecule has 6 nitrogen and oxygen atoms in total. The number of halogens is 2. The second kappa shape index (κ2) is 8.81. The molecule has 0 unspecified atom stereocenters. The Balaban J connectivity index is 1.79. The molecule has 0 bridgehead atoms. The van der Waals surface area contributed by atoms with E-state index >= 15 is 0 Å². The first-order chi connectivity index (χ1) is 13.8. The van der Waals surface area contributed by atoms with Crippen LogP contribution in [0.4, 0.5) is 4.39 Å². The van der Waals surface area contributed by atoms with Crippen LogP contribution in [0.1, 0.15) is 22.8 Å². The lowest BCUT2D eigenvalue weighted by molar-refractivity contribution is -0.123. The van der Waals surface area contributed by atoms with E-state index in [0.717, 1.165) is 28.9 Å². The van der Waals surface area contributed by atoms with E-state index in [1.54, 1.807) is 25.1 Å². The van der Waals surface area contributed by atoms with Gasteiger partial charge in [0.25, 0.3) is 11.8 Å². The SMILES string of the molecule is CCOc1cc(/C=C2\SC(=S)N(NC(=O)c3ccc(F)c(Cl)c3)C2=O)ccc1O. The van der Waals surface area contributed by atoms with Crippen LogP contribution < -0.4 is 10.2 Å². The Hall–Kier alpha value is -2.62. The summed E-state index contributed by atoms with van der Waals surface area (Å²) < 4.78 is 18.7. The summed E-state index contributed by atoms with van der Waals surface area (Å²) in [5.74, 6) is -1.56. The Morgan fingerprint density at radius 1 is 1.38 bits per heavy atom. The summed E-state index contributed by atoms with van der Waals surface area (Å²) in [5, 5.41) is 10.5. The van der Waals surface area contributed by atoms with E-state index in [-0.39, 0.29) is 25.6 Å². The third-order valence-corrected chi connectivity index (χ3v) is 5.36. The van der Waals surface area contributed by atoms with Crippen molar-refractivity contribution in [2.75, 3.05) is 6.61 Å². The Morgan fingerprint density at radius 2 is 2.14 bits per heavy atom. The van der Waals surface area contributed by atoms with Crippen molar-refractivity contribution in [1.82, 2.24) is 10.4 Å². The number of hydrogen-bond acceptors (Lipinski definition) is 6. The summed E-state index contributed by atoms with van der Waals surface area (Å²) in [5.41, 5.74) is 3.09. The number of carbonyl (C=O) groups excluding carboxylic acids is 2. The molecular formula is C19H14ClFN2O4S2. The molecule has 2 aromatic carbocycles. The summed E-state index contributed by atoms with van der Waals surface area (Å²) >= 11 is 11.9. The van der Waals surface area contributed by atoms with Gasteiger partial charge in [0.1, 0.15) is 5.82 Å². The largest absolute Gasteiger partial charge is 0.504 e. The zero-order valence-electron chi connectivity index (χ0n) is 14.9. The van der Waals surface area contributed by atoms with Gasteiger partial charge in [0.2, 0.25) is 0 Å². The van der Waals surface area contributed by atoms with Crippen molar-refractivity contribution in [2.45, 2.75) is 6.92 Å². The highest BCUT2D eigenvalue weighted by Gasteiger charge is 2.34. The molecule has 2 amide bonds. The van der Waals surface area contributed by atoms with E-state index in [0.29, 0.717) is 17.9 Å². The van der Waals surface area contributed by atoms with E-state index in [1.165, 1.54) is 12.1 Å². The minimum atomic E-state index is -0.660. The number of carbonyl (C=O) groups is 2. The minimum Gasteiger partial charge on any atom is -0.504 e. The number of hydrogen-bond donors (Lipinski definition) is 2. The van der Waals surface area contributed by atoms with Crippen molar-refractivity contribution in [2.24, 2.45) is 0 Å². The highest BCUT2D eigenvalue weighted by Crippen LogP contribution is 2.33. The molecule has 29 heavy (non-hydrogen) atoms. The second-order valence-electron chi connectivity index (χ2n) is 5.75. The van der Waals surface area contributed by atoms with Crippen LogP contribution in [-0.4, -0.2) is 32.9 Å². The molecule has 1 saturated heterocycles. The van der Waals surface area contributed by atoms with Gasteiger partial charge in [-0.25, -0.2) is 4.39 Å². The number of amides is 2. The highest BCUT2D eigenvalue weighted by atomic mass is 35.5. The fourth-order valence-corrected chi connectivity index (χ4v) is 3.77. The normalized spacial score (nSPS) is 15.1. The molecule has 1 fully saturated rings. The van der Waals surface area contributed by atoms with Gasteiger partial charge in [-0.15, -0.1) is 0 Å². The molecule has 2 aromatic rings. The minimum absolute atomic E-state index is 0.0122. The number of nitrogens with one attached hydrogen (secondary N) is 1. The highest BCUT2D eigenvalue weighted by molar-refractivity contribution is 8.26. The third kappa shape index (κ3) is 4.69. The van der Waals surface area contributed by atoms with Crippen LogP contribution in [-0.2, 0) is 4.79 Å². The summed E-state index contributed by atoms with van der Waals surface area (Å²) in [7, 11) is 0. The predicted molar refractivity (Wildman–Crippen MR) is 113 cm³/mol. The van der Waals surface area contributed by atoms with Crippen molar-refractivity contribution >= 4 is 57.8 Å². The standard InChI is InChI=1S/C19H14ClFN2O4S2/c1-2-27-15-7-10(3-6-14(15)24)8-16-18(26)23(19(28)29-16)22-17(25)11-4-5-13(21)12(20)9-11/h3-9,24H,2H2,1H3,(H,22,25)/b16-8-. The van der Waals surface area contributed by atoms with E-state index in [9.17, 15) is 19.1 Å². The number of thioether (sulfide) groups is 1. The first kappa shape index (κ1) is 21.1. The fourth-order valence-electron chi connectivity index (χ4n) is 2.41. The first-order valence-corrected chi connectivity index (χ1v) is 9.90. The van der Waals surface area contributed by atoms with Gasteiger partial charge in [0, 0.05) is 5.56 Å². The molecule has 1 heterocycles. The molecule has 150 valence electrons. The molecular weight excluding hydrogens is 439 g/mol. The van der Waals surface area contributed by atoms with Gasteiger partial charge in [-0.1, -0.05) is 29.4 Å². The van der Waals surface area contributed by atoms with Crippen molar-refractivity contribution in [3.8, 4) is 11.5 Å². The maximum atomic E-state index is 13.3. The van der Waals surface area contributed by atoms with E-state index in [4.69, 9.17) is 28.6 Å². The van der Waals surface area contributed by atoms with E-state index in [1.807, 2.05) is 0 Å². The average molecular weight is 453 g/mol. The Morgan fingerprint density at radius 3 is 2.83 bits per heavy atom. The van der Waals surface area contributed by atoms with Crippen molar-refractivity contribution in [3.05, 3.63) is 63.3 Å². The Bertz CT molecular complexity index is 1040. The van der Waals surface area contributed by atoms with Crippen LogP contribution in [0.15, 0.2) is 41.3 Å². The van der Waals surface area contributed by atoms with Crippen LogP contribution in [0.2, 0.25) is 5.02 Å². The number of benzene rings is 2. The molecule has 10 heteroatoms. The lowest BCUT2D eigenvalue weighted by Gasteiger charge is -2.15. The molecule has 0 radical (unpaired) electrons. The van der Waals surface area contributed by atoms with E-state index in [2.05, 4.69) is 5.43 Å². The number of phenolic OH excluding ortho intramolecular Hbond substituents is 1. The Kier molecular flexibility index (Phi) is 6.41. The van der Waals surface area contributed by atoms with Gasteiger partial charge in [-0.2, -0.15) is 5.01 Å². The van der Waals surface area contributed by atoms with Gasteiger partial charge in [-0.3, -0.25) is 15.0 Å². The summed E-state index contributed by atoms with van der Waals surface area (Å²) in [6.07, 6.45) is 1.57. The van der Waals surface area contributed by atoms with Crippen LogP contribution in [0.25, 0.3) is 6.08 Å². The summed E-state index contributed by atoms with van der Waals surface area (Å²) in [6, 6.07) is 8.12. The number of nitrogens with zero attached hydrogens (tertiary/aromatic N) is 1. The summed E-state index contributed by atoms with van der Waals surface area (Å²) in [4.78, 5) is 25.3. The number of rotatable bonds is 5. The molecule has 0 aromatic heterocycles. The van der Waals surface area contributed by atoms with Gasteiger partial charge in [0.15, 0.2) is 15.8 Å². The molecule has 3 rings (SSSR count). The monoisotopic (exact) mass is 452 g/mol. The van der Waals surface area contributed by atoms with Crippen LogP contribution in [0, 0.1) is 5.82 Å². The van der Waals surface area contributed by atoms with Crippen molar-refractivity contribution < 1.29 is 23.8 Å². The zero-order chi connectivity index (χ0) is 21.1. The maximum Gasteiger partial charge on any atom is 0.285 e. The Labute approximate surface area is 180 Å². The van der Waals surface area contributed by atoms with Crippen LogP contribution >= 0.6 is 35.6 Å². The molecule has 1 aliphatic rings. The number of hydrazine groups is 1. The number of phenols is 1. The van der Waals surface area contributed by atoms with Gasteiger partial charge in [-0.05, 0) is 61.1 Å². The molecule has 0 spiro atoms. The number of thiocarbonyl (C=S) groups is 1. The topological polar surface area (TPSA) is 78.9 Å². The predicted octanol–water partition coefficient (Wildman–Crippen LogP) is 4.13. The van der Waals surface area contributed by atoms with Gasteiger partial charge in [0.05, 0.1) is 16.5 Å². The second-order valence-corrected chi connectivity index (χ2v) is 7.83. The molecule has 0 atom stereocenters. The molecule has 0 saturated carbocycles. The smallest absolute Gasteiger partial charge is 0.285 e. The number of aromatic hydroxyl groups is 1. The van der Waals surface area contributed by atoms with Crippen molar-refractivity contribution in [3.63, 3.8) is 0 Å². The molecule has 2 N–H and O–H groups in total. The van der Waals surface area contributed by atoms with E-state index < -0.39 is 17.6 Å². The third-order valence-electron chi connectivity index (χ3n) is 3.77. The lowest BCUT2D eigenvalue weighted by atomic mass is 10.2. The first-order valence-electron chi connectivity index (χ1n) is 8.30. The van der Waals surface area contributed by atoms with Crippen molar-refractivity contribution in [1.29, 1.82) is 0 Å². The molecule has 1 aliphatic heterocycles.